The van der Waals surface area contributed by atoms with Crippen molar-refractivity contribution >= 4 is 23.6 Å². The average Bonchev–Trinajstić information content (AvgIpc) is 2.91. The summed E-state index contributed by atoms with van der Waals surface area (Å²) in [5, 5.41) is 2.75. The minimum atomic E-state index is -0.636. The van der Waals surface area contributed by atoms with Gasteiger partial charge in [-0.1, -0.05) is 54.6 Å². The lowest BCUT2D eigenvalue weighted by molar-refractivity contribution is -0.139. The molecule has 3 aromatic carbocycles. The van der Waals surface area contributed by atoms with Gasteiger partial charge in [0.25, 0.3) is 0 Å². The smallest absolute Gasteiger partial charge is 0.242 e. The van der Waals surface area contributed by atoms with Gasteiger partial charge in [-0.2, -0.15) is 0 Å². The first kappa shape index (κ1) is 26.2. The second-order valence-electron chi connectivity index (χ2n) is 8.03. The Morgan fingerprint density at radius 1 is 0.857 bits per heavy atom. The SMILES string of the molecule is CNC(=O)[C@@H](Cc1ccccc1)N(Cc1cccc(OC)c1)C(=O)CSCc1ccc(OC)cc1. The summed E-state index contributed by atoms with van der Waals surface area (Å²) in [7, 11) is 4.85. The molecular weight excluding hydrogens is 460 g/mol. The van der Waals surface area contributed by atoms with Crippen molar-refractivity contribution in [1.29, 1.82) is 0 Å². The van der Waals surface area contributed by atoms with Crippen LogP contribution in [0.4, 0.5) is 0 Å². The van der Waals surface area contributed by atoms with Crippen LogP contribution in [-0.4, -0.2) is 49.8 Å². The first-order valence-corrected chi connectivity index (χ1v) is 12.6. The summed E-state index contributed by atoms with van der Waals surface area (Å²) in [6.45, 7) is 0.310. The van der Waals surface area contributed by atoms with Crippen molar-refractivity contribution in [2.24, 2.45) is 0 Å². The maximum absolute atomic E-state index is 13.5. The molecule has 0 bridgehead atoms. The molecule has 1 N–H and O–H groups in total. The molecule has 0 spiro atoms. The van der Waals surface area contributed by atoms with Crippen molar-refractivity contribution in [2.45, 2.75) is 24.8 Å². The van der Waals surface area contributed by atoms with Gasteiger partial charge in [-0.05, 0) is 41.0 Å². The molecule has 7 heteroatoms. The second-order valence-corrected chi connectivity index (χ2v) is 9.02. The molecule has 0 aliphatic heterocycles. The van der Waals surface area contributed by atoms with Crippen LogP contribution in [0.5, 0.6) is 11.5 Å². The van der Waals surface area contributed by atoms with Crippen molar-refractivity contribution in [3.8, 4) is 11.5 Å². The van der Waals surface area contributed by atoms with Crippen LogP contribution in [0.15, 0.2) is 78.9 Å². The normalized spacial score (nSPS) is 11.4. The van der Waals surface area contributed by atoms with Gasteiger partial charge in [0, 0.05) is 25.8 Å². The Morgan fingerprint density at radius 3 is 2.20 bits per heavy atom. The van der Waals surface area contributed by atoms with E-state index in [-0.39, 0.29) is 17.6 Å². The number of likely N-dealkylation sites (N-methyl/N-ethyl adjacent to an activating group) is 1. The number of methoxy groups -OCH3 is 2. The molecule has 0 unspecified atom stereocenters. The second kappa shape index (κ2) is 13.4. The molecule has 1 atom stereocenters. The molecule has 0 saturated carbocycles. The van der Waals surface area contributed by atoms with Crippen LogP contribution in [0.1, 0.15) is 16.7 Å². The summed E-state index contributed by atoms with van der Waals surface area (Å²) in [6.07, 6.45) is 0.430. The Labute approximate surface area is 211 Å². The zero-order chi connectivity index (χ0) is 25.0. The zero-order valence-corrected chi connectivity index (χ0v) is 21.2. The van der Waals surface area contributed by atoms with Crippen molar-refractivity contribution in [3.05, 3.63) is 95.6 Å². The van der Waals surface area contributed by atoms with E-state index in [4.69, 9.17) is 9.47 Å². The molecule has 2 amide bonds. The quantitative estimate of drug-likeness (QED) is 0.408. The number of nitrogens with zero attached hydrogens (tertiary/aromatic N) is 1. The molecule has 0 aromatic heterocycles. The molecule has 184 valence electrons. The summed E-state index contributed by atoms with van der Waals surface area (Å²) in [5.74, 6) is 2.18. The molecule has 0 aliphatic carbocycles. The monoisotopic (exact) mass is 492 g/mol. The molecule has 3 rings (SSSR count). The summed E-state index contributed by atoms with van der Waals surface area (Å²) in [5.41, 5.74) is 3.00. The average molecular weight is 493 g/mol. The number of carbonyl (C=O) groups is 2. The molecule has 0 radical (unpaired) electrons. The first-order chi connectivity index (χ1) is 17.0. The van der Waals surface area contributed by atoms with E-state index < -0.39 is 6.04 Å². The Bertz CT molecular complexity index is 1090. The van der Waals surface area contributed by atoms with Crippen LogP contribution in [0.2, 0.25) is 0 Å². The number of hydrogen-bond acceptors (Lipinski definition) is 5. The summed E-state index contributed by atoms with van der Waals surface area (Å²) < 4.78 is 10.6. The molecule has 0 heterocycles. The van der Waals surface area contributed by atoms with Crippen molar-refractivity contribution in [3.63, 3.8) is 0 Å². The number of ether oxygens (including phenoxy) is 2. The third-order valence-electron chi connectivity index (χ3n) is 5.66. The number of amides is 2. The maximum Gasteiger partial charge on any atom is 0.242 e. The highest BCUT2D eigenvalue weighted by Gasteiger charge is 2.29. The molecule has 0 aliphatic rings. The van der Waals surface area contributed by atoms with Gasteiger partial charge in [0.15, 0.2) is 0 Å². The Hall–Kier alpha value is -3.45. The molecule has 0 fully saturated rings. The third-order valence-corrected chi connectivity index (χ3v) is 6.65. The van der Waals surface area contributed by atoms with E-state index in [1.807, 2.05) is 78.9 Å². The van der Waals surface area contributed by atoms with Gasteiger partial charge in [-0.15, -0.1) is 11.8 Å². The van der Waals surface area contributed by atoms with Gasteiger partial charge >= 0.3 is 0 Å². The standard InChI is InChI=1S/C28H32N2O4S/c1-29-28(32)26(17-21-8-5-4-6-9-21)30(18-23-10-7-11-25(16-23)34-3)27(31)20-35-19-22-12-14-24(33-2)15-13-22/h4-16,26H,17-20H2,1-3H3,(H,29,32)/t26-/m1/s1. The number of rotatable bonds is 12. The van der Waals surface area contributed by atoms with E-state index >= 15 is 0 Å². The van der Waals surface area contributed by atoms with Crippen molar-refractivity contribution < 1.29 is 19.1 Å². The minimum absolute atomic E-state index is 0.0872. The Morgan fingerprint density at radius 2 is 1.54 bits per heavy atom. The van der Waals surface area contributed by atoms with E-state index in [2.05, 4.69) is 5.32 Å². The molecule has 6 nitrogen and oxygen atoms in total. The highest BCUT2D eigenvalue weighted by atomic mass is 32.2. The van der Waals surface area contributed by atoms with Crippen LogP contribution in [-0.2, 0) is 28.3 Å². The predicted molar refractivity (Wildman–Crippen MR) is 141 cm³/mol. The molecule has 3 aromatic rings. The van der Waals surface area contributed by atoms with Gasteiger partial charge < -0.3 is 19.7 Å². The topological polar surface area (TPSA) is 67.9 Å². The largest absolute Gasteiger partial charge is 0.497 e. The van der Waals surface area contributed by atoms with E-state index in [0.29, 0.717) is 24.5 Å². The predicted octanol–water partition coefficient (Wildman–Crippen LogP) is 4.32. The Kier molecular flexibility index (Phi) is 10.0. The van der Waals surface area contributed by atoms with Crippen LogP contribution in [0.25, 0.3) is 0 Å². The number of nitrogens with one attached hydrogen (secondary N) is 1. The molecule has 35 heavy (non-hydrogen) atoms. The fraction of sp³-hybridized carbons (Fsp3) is 0.286. The fourth-order valence-corrected chi connectivity index (χ4v) is 4.62. The van der Waals surface area contributed by atoms with E-state index in [0.717, 1.165) is 22.4 Å². The van der Waals surface area contributed by atoms with Crippen LogP contribution >= 0.6 is 11.8 Å². The third kappa shape index (κ3) is 7.79. The van der Waals surface area contributed by atoms with Crippen molar-refractivity contribution in [1.82, 2.24) is 10.2 Å². The summed E-state index contributed by atoms with van der Waals surface area (Å²) >= 11 is 1.53. The number of carbonyl (C=O) groups excluding carboxylic acids is 2. The van der Waals surface area contributed by atoms with Crippen molar-refractivity contribution in [2.75, 3.05) is 27.0 Å². The van der Waals surface area contributed by atoms with Gasteiger partial charge in [0.1, 0.15) is 17.5 Å². The van der Waals surface area contributed by atoms with Gasteiger partial charge in [0.05, 0.1) is 20.0 Å². The summed E-state index contributed by atoms with van der Waals surface area (Å²) in [4.78, 5) is 28.2. The molecular formula is C28H32N2O4S. The fourth-order valence-electron chi connectivity index (χ4n) is 3.75. The number of hydrogen-bond donors (Lipinski definition) is 1. The lowest BCUT2D eigenvalue weighted by atomic mass is 10.0. The van der Waals surface area contributed by atoms with Crippen LogP contribution in [0.3, 0.4) is 0 Å². The van der Waals surface area contributed by atoms with Gasteiger partial charge in [-0.3, -0.25) is 9.59 Å². The van der Waals surface area contributed by atoms with E-state index in [1.165, 1.54) is 11.8 Å². The highest BCUT2D eigenvalue weighted by molar-refractivity contribution is 7.99. The minimum Gasteiger partial charge on any atom is -0.497 e. The maximum atomic E-state index is 13.5. The molecule has 0 saturated heterocycles. The number of benzene rings is 3. The lowest BCUT2D eigenvalue weighted by Crippen LogP contribution is -2.50. The van der Waals surface area contributed by atoms with E-state index in [1.54, 1.807) is 26.2 Å². The lowest BCUT2D eigenvalue weighted by Gasteiger charge is -2.31. The highest BCUT2D eigenvalue weighted by Crippen LogP contribution is 2.21. The number of thioether (sulfide) groups is 1. The summed E-state index contributed by atoms with van der Waals surface area (Å²) in [6, 6.07) is 24.5. The van der Waals surface area contributed by atoms with E-state index in [9.17, 15) is 9.59 Å². The first-order valence-electron chi connectivity index (χ1n) is 11.4. The van der Waals surface area contributed by atoms with Gasteiger partial charge in [0.2, 0.25) is 11.8 Å². The van der Waals surface area contributed by atoms with Gasteiger partial charge in [-0.25, -0.2) is 0 Å². The zero-order valence-electron chi connectivity index (χ0n) is 20.4. The van der Waals surface area contributed by atoms with Crippen LogP contribution in [0, 0.1) is 0 Å². The van der Waals surface area contributed by atoms with Crippen LogP contribution < -0.4 is 14.8 Å². The Balaban J connectivity index is 1.79.